The molecular weight excluding hydrogens is 240 g/mol. The van der Waals surface area contributed by atoms with E-state index >= 15 is 0 Å². The number of carbonyl (C=O) groups is 1. The number of rotatable bonds is 2. The van der Waals surface area contributed by atoms with E-state index in [-0.39, 0.29) is 5.97 Å². The molecule has 0 saturated carbocycles. The van der Waals surface area contributed by atoms with Gasteiger partial charge >= 0.3 is 5.97 Å². The highest BCUT2D eigenvalue weighted by atomic mass is 79.9. The standard InChI is InChI=1S/C8H9BrO2S/c1-3-11-8(10)7-6(9)5(2)4-12-7/h4H,3H2,1-2H3. The van der Waals surface area contributed by atoms with Crippen LogP contribution in [0.1, 0.15) is 22.2 Å². The zero-order valence-corrected chi connectivity index (χ0v) is 9.29. The Balaban J connectivity index is 2.88. The molecule has 0 aromatic carbocycles. The topological polar surface area (TPSA) is 26.3 Å². The van der Waals surface area contributed by atoms with Crippen LogP contribution in [-0.4, -0.2) is 12.6 Å². The van der Waals surface area contributed by atoms with Gasteiger partial charge in [0, 0.05) is 4.47 Å². The summed E-state index contributed by atoms with van der Waals surface area (Å²) in [5.74, 6) is -0.248. The molecule has 0 aliphatic rings. The van der Waals surface area contributed by atoms with E-state index in [1.807, 2.05) is 12.3 Å². The van der Waals surface area contributed by atoms with Crippen molar-refractivity contribution >= 4 is 33.2 Å². The van der Waals surface area contributed by atoms with E-state index in [0.717, 1.165) is 10.0 Å². The third kappa shape index (κ3) is 1.87. The molecule has 66 valence electrons. The van der Waals surface area contributed by atoms with E-state index in [0.29, 0.717) is 11.5 Å². The van der Waals surface area contributed by atoms with Gasteiger partial charge in [-0.15, -0.1) is 11.3 Å². The summed E-state index contributed by atoms with van der Waals surface area (Å²) in [6, 6.07) is 0. The Bertz CT molecular complexity index is 293. The van der Waals surface area contributed by atoms with Crippen LogP contribution in [-0.2, 0) is 4.74 Å². The fraction of sp³-hybridized carbons (Fsp3) is 0.375. The summed E-state index contributed by atoms with van der Waals surface area (Å²) < 4.78 is 5.72. The lowest BCUT2D eigenvalue weighted by Gasteiger charge is -1.98. The highest BCUT2D eigenvalue weighted by molar-refractivity contribution is 9.10. The lowest BCUT2D eigenvalue weighted by molar-refractivity contribution is 0.0531. The second-order valence-electron chi connectivity index (χ2n) is 2.28. The van der Waals surface area contributed by atoms with Crippen LogP contribution in [0.5, 0.6) is 0 Å². The number of hydrogen-bond acceptors (Lipinski definition) is 3. The maximum atomic E-state index is 11.2. The predicted octanol–water partition coefficient (Wildman–Crippen LogP) is 3.00. The van der Waals surface area contributed by atoms with Gasteiger partial charge in [-0.25, -0.2) is 4.79 Å². The van der Waals surface area contributed by atoms with E-state index in [9.17, 15) is 4.79 Å². The summed E-state index contributed by atoms with van der Waals surface area (Å²) in [4.78, 5) is 11.9. The molecule has 0 fully saturated rings. The molecule has 12 heavy (non-hydrogen) atoms. The number of ether oxygens (including phenoxy) is 1. The van der Waals surface area contributed by atoms with Gasteiger partial charge in [-0.1, -0.05) is 0 Å². The Kier molecular flexibility index (Phi) is 3.29. The van der Waals surface area contributed by atoms with E-state index in [1.54, 1.807) is 6.92 Å². The average molecular weight is 249 g/mol. The highest BCUT2D eigenvalue weighted by Gasteiger charge is 2.14. The van der Waals surface area contributed by atoms with Crippen molar-refractivity contribution in [2.45, 2.75) is 13.8 Å². The first-order chi connectivity index (χ1) is 5.66. The van der Waals surface area contributed by atoms with Crippen molar-refractivity contribution in [2.24, 2.45) is 0 Å². The molecule has 0 aliphatic heterocycles. The Morgan fingerprint density at radius 2 is 2.42 bits per heavy atom. The Morgan fingerprint density at radius 1 is 1.75 bits per heavy atom. The van der Waals surface area contributed by atoms with Gasteiger partial charge in [-0.05, 0) is 40.7 Å². The molecule has 4 heteroatoms. The summed E-state index contributed by atoms with van der Waals surface area (Å²) in [6.07, 6.45) is 0. The monoisotopic (exact) mass is 248 g/mol. The van der Waals surface area contributed by atoms with Crippen LogP contribution < -0.4 is 0 Å². The Labute approximate surface area is 83.7 Å². The van der Waals surface area contributed by atoms with Crippen LogP contribution in [0, 0.1) is 6.92 Å². The van der Waals surface area contributed by atoms with Gasteiger partial charge in [-0.2, -0.15) is 0 Å². The van der Waals surface area contributed by atoms with Crippen LogP contribution >= 0.6 is 27.3 Å². The normalized spacial score (nSPS) is 9.92. The fourth-order valence-corrected chi connectivity index (χ4v) is 2.30. The van der Waals surface area contributed by atoms with E-state index in [2.05, 4.69) is 15.9 Å². The molecule has 1 aromatic rings. The van der Waals surface area contributed by atoms with Crippen molar-refractivity contribution in [3.8, 4) is 0 Å². The zero-order chi connectivity index (χ0) is 9.14. The molecule has 1 rings (SSSR count). The second kappa shape index (κ2) is 4.05. The van der Waals surface area contributed by atoms with Crippen LogP contribution in [0.2, 0.25) is 0 Å². The first-order valence-electron chi connectivity index (χ1n) is 3.57. The van der Waals surface area contributed by atoms with Gasteiger partial charge in [0.05, 0.1) is 6.61 Å². The van der Waals surface area contributed by atoms with Gasteiger partial charge in [-0.3, -0.25) is 0 Å². The van der Waals surface area contributed by atoms with Crippen LogP contribution in [0.4, 0.5) is 0 Å². The molecule has 0 spiro atoms. The van der Waals surface area contributed by atoms with Crippen molar-refractivity contribution in [3.05, 3.63) is 20.3 Å². The first kappa shape index (κ1) is 9.74. The maximum absolute atomic E-state index is 11.2. The third-order valence-corrected chi connectivity index (χ3v) is 3.72. The molecule has 0 bridgehead atoms. The molecule has 0 atom stereocenters. The maximum Gasteiger partial charge on any atom is 0.349 e. The molecule has 2 nitrogen and oxygen atoms in total. The van der Waals surface area contributed by atoms with Crippen LogP contribution in [0.15, 0.2) is 9.85 Å². The minimum absolute atomic E-state index is 0.248. The first-order valence-corrected chi connectivity index (χ1v) is 5.24. The van der Waals surface area contributed by atoms with Crippen LogP contribution in [0.3, 0.4) is 0 Å². The highest BCUT2D eigenvalue weighted by Crippen LogP contribution is 2.28. The van der Waals surface area contributed by atoms with Crippen molar-refractivity contribution in [1.82, 2.24) is 0 Å². The summed E-state index contributed by atoms with van der Waals surface area (Å²) in [5, 5.41) is 1.93. The number of halogens is 1. The molecule has 0 N–H and O–H groups in total. The number of hydrogen-bond donors (Lipinski definition) is 0. The summed E-state index contributed by atoms with van der Waals surface area (Å²) in [7, 11) is 0. The van der Waals surface area contributed by atoms with Gasteiger partial charge < -0.3 is 4.74 Å². The number of esters is 1. The van der Waals surface area contributed by atoms with E-state index in [4.69, 9.17) is 4.74 Å². The van der Waals surface area contributed by atoms with Gasteiger partial charge in [0.1, 0.15) is 4.88 Å². The lowest BCUT2D eigenvalue weighted by Crippen LogP contribution is -2.02. The predicted molar refractivity (Wildman–Crippen MR) is 52.7 cm³/mol. The molecule has 1 aromatic heterocycles. The quantitative estimate of drug-likeness (QED) is 0.753. The third-order valence-electron chi connectivity index (χ3n) is 1.36. The molecule has 0 amide bonds. The van der Waals surface area contributed by atoms with Crippen molar-refractivity contribution < 1.29 is 9.53 Å². The summed E-state index contributed by atoms with van der Waals surface area (Å²) in [5.41, 5.74) is 1.07. The molecule has 0 unspecified atom stereocenters. The zero-order valence-electron chi connectivity index (χ0n) is 6.89. The minimum atomic E-state index is -0.248. The number of thiophene rings is 1. The average Bonchev–Trinajstić information content (AvgIpc) is 2.34. The number of aryl methyl sites for hydroxylation is 1. The number of carbonyl (C=O) groups excluding carboxylic acids is 1. The SMILES string of the molecule is CCOC(=O)c1scc(C)c1Br. The molecular formula is C8H9BrO2S. The molecule has 1 heterocycles. The Hall–Kier alpha value is -0.350. The van der Waals surface area contributed by atoms with E-state index in [1.165, 1.54) is 11.3 Å². The van der Waals surface area contributed by atoms with E-state index < -0.39 is 0 Å². The van der Waals surface area contributed by atoms with Gasteiger partial charge in [0.2, 0.25) is 0 Å². The van der Waals surface area contributed by atoms with Gasteiger partial charge in [0.25, 0.3) is 0 Å². The summed E-state index contributed by atoms with van der Waals surface area (Å²) in [6.45, 7) is 4.16. The summed E-state index contributed by atoms with van der Waals surface area (Å²) >= 11 is 4.73. The molecule has 0 saturated heterocycles. The van der Waals surface area contributed by atoms with Crippen LogP contribution in [0.25, 0.3) is 0 Å². The second-order valence-corrected chi connectivity index (χ2v) is 3.95. The van der Waals surface area contributed by atoms with Crippen molar-refractivity contribution in [1.29, 1.82) is 0 Å². The van der Waals surface area contributed by atoms with Gasteiger partial charge in [0.15, 0.2) is 0 Å². The largest absolute Gasteiger partial charge is 0.462 e. The van der Waals surface area contributed by atoms with Crippen molar-refractivity contribution in [3.63, 3.8) is 0 Å². The molecule has 0 radical (unpaired) electrons. The lowest BCUT2D eigenvalue weighted by atomic mass is 10.3. The van der Waals surface area contributed by atoms with Crippen molar-refractivity contribution in [2.75, 3.05) is 6.61 Å². The molecule has 0 aliphatic carbocycles. The fourth-order valence-electron chi connectivity index (χ4n) is 0.764. The Morgan fingerprint density at radius 3 is 2.83 bits per heavy atom. The smallest absolute Gasteiger partial charge is 0.349 e. The minimum Gasteiger partial charge on any atom is -0.462 e.